The molecule has 0 bridgehead atoms. The molecule has 0 aliphatic rings. The van der Waals surface area contributed by atoms with Crippen molar-refractivity contribution in [2.75, 3.05) is 0 Å². The number of aromatic amines is 1. The van der Waals surface area contributed by atoms with Crippen molar-refractivity contribution >= 4 is 10.9 Å². The predicted molar refractivity (Wildman–Crippen MR) is 76.9 cm³/mol. The van der Waals surface area contributed by atoms with Crippen molar-refractivity contribution in [2.45, 2.75) is 13.2 Å². The molecule has 20 heavy (non-hydrogen) atoms. The van der Waals surface area contributed by atoms with E-state index in [0.717, 1.165) is 22.0 Å². The second kappa shape index (κ2) is 5.35. The van der Waals surface area contributed by atoms with Gasteiger partial charge in [-0.05, 0) is 23.8 Å². The standard InChI is InChI=1S/C16H15FN2O/c17-13-5-1-2-7-15(13)20-10-12-9-19-14-6-3-4-11(8-18)16(12)14/h1-7,9,19H,8,10,18H2. The summed E-state index contributed by atoms with van der Waals surface area (Å²) in [6.07, 6.45) is 1.88. The third-order valence-corrected chi connectivity index (χ3v) is 3.31. The molecule has 2 aromatic carbocycles. The van der Waals surface area contributed by atoms with Crippen LogP contribution in [0.4, 0.5) is 4.39 Å². The van der Waals surface area contributed by atoms with Crippen LogP contribution in [0.15, 0.2) is 48.7 Å². The SMILES string of the molecule is NCc1cccc2[nH]cc(COc3ccccc3F)c12. The smallest absolute Gasteiger partial charge is 0.165 e. The molecule has 3 nitrogen and oxygen atoms in total. The molecule has 0 atom stereocenters. The first kappa shape index (κ1) is 12.7. The van der Waals surface area contributed by atoms with Crippen molar-refractivity contribution < 1.29 is 9.13 Å². The highest BCUT2D eigenvalue weighted by molar-refractivity contribution is 5.86. The quantitative estimate of drug-likeness (QED) is 0.764. The second-order valence-electron chi connectivity index (χ2n) is 4.58. The molecule has 0 unspecified atom stereocenters. The highest BCUT2D eigenvalue weighted by Gasteiger charge is 2.09. The van der Waals surface area contributed by atoms with Crippen molar-refractivity contribution in [1.82, 2.24) is 4.98 Å². The first-order valence-corrected chi connectivity index (χ1v) is 6.45. The Labute approximate surface area is 116 Å². The molecule has 1 heterocycles. The number of aromatic nitrogens is 1. The van der Waals surface area contributed by atoms with Crippen LogP contribution in [0.2, 0.25) is 0 Å². The monoisotopic (exact) mass is 270 g/mol. The number of benzene rings is 2. The predicted octanol–water partition coefficient (Wildman–Crippen LogP) is 3.34. The third-order valence-electron chi connectivity index (χ3n) is 3.31. The molecule has 0 saturated carbocycles. The number of nitrogens with two attached hydrogens (primary N) is 1. The summed E-state index contributed by atoms with van der Waals surface area (Å²) in [4.78, 5) is 3.18. The molecule has 0 radical (unpaired) electrons. The maximum atomic E-state index is 13.5. The zero-order valence-electron chi connectivity index (χ0n) is 10.9. The number of rotatable bonds is 4. The van der Waals surface area contributed by atoms with Crippen LogP contribution in [0.1, 0.15) is 11.1 Å². The molecule has 1 aromatic heterocycles. The summed E-state index contributed by atoms with van der Waals surface area (Å²) in [6.45, 7) is 0.764. The molecule has 0 spiro atoms. The van der Waals surface area contributed by atoms with Gasteiger partial charge in [0.2, 0.25) is 0 Å². The summed E-state index contributed by atoms with van der Waals surface area (Å²) in [5.41, 5.74) is 8.80. The maximum absolute atomic E-state index is 13.5. The molecule has 3 aromatic rings. The van der Waals surface area contributed by atoms with Crippen molar-refractivity contribution in [3.05, 3.63) is 65.6 Å². The van der Waals surface area contributed by atoms with Crippen LogP contribution < -0.4 is 10.5 Å². The zero-order valence-corrected chi connectivity index (χ0v) is 10.9. The van der Waals surface area contributed by atoms with Gasteiger partial charge in [-0.1, -0.05) is 24.3 Å². The van der Waals surface area contributed by atoms with Gasteiger partial charge in [-0.25, -0.2) is 4.39 Å². The molecule has 3 rings (SSSR count). The lowest BCUT2D eigenvalue weighted by atomic mass is 10.1. The Hall–Kier alpha value is -2.33. The number of hydrogen-bond donors (Lipinski definition) is 2. The molecule has 0 fully saturated rings. The van der Waals surface area contributed by atoms with Crippen molar-refractivity contribution in [2.24, 2.45) is 5.73 Å². The number of fused-ring (bicyclic) bond motifs is 1. The maximum Gasteiger partial charge on any atom is 0.165 e. The van der Waals surface area contributed by atoms with Crippen molar-refractivity contribution in [3.63, 3.8) is 0 Å². The Kier molecular flexibility index (Phi) is 3.39. The van der Waals surface area contributed by atoms with E-state index in [1.165, 1.54) is 6.07 Å². The van der Waals surface area contributed by atoms with Crippen LogP contribution in [0, 0.1) is 5.82 Å². The number of nitrogens with one attached hydrogen (secondary N) is 1. The first-order valence-electron chi connectivity index (χ1n) is 6.45. The van der Waals surface area contributed by atoms with Gasteiger partial charge in [-0.3, -0.25) is 0 Å². The average Bonchev–Trinajstić information content (AvgIpc) is 2.90. The van der Waals surface area contributed by atoms with Gasteiger partial charge in [0.25, 0.3) is 0 Å². The van der Waals surface area contributed by atoms with E-state index in [1.807, 2.05) is 24.4 Å². The van der Waals surface area contributed by atoms with E-state index in [4.69, 9.17) is 10.5 Å². The van der Waals surface area contributed by atoms with Gasteiger partial charge in [0, 0.05) is 29.2 Å². The number of hydrogen-bond acceptors (Lipinski definition) is 2. The van der Waals surface area contributed by atoms with E-state index in [0.29, 0.717) is 13.2 Å². The minimum Gasteiger partial charge on any atom is -0.486 e. The molecule has 0 saturated heterocycles. The van der Waals surface area contributed by atoms with E-state index in [9.17, 15) is 4.39 Å². The van der Waals surface area contributed by atoms with Gasteiger partial charge in [-0.2, -0.15) is 0 Å². The van der Waals surface area contributed by atoms with E-state index in [-0.39, 0.29) is 11.6 Å². The fraction of sp³-hybridized carbons (Fsp3) is 0.125. The summed E-state index contributed by atoms with van der Waals surface area (Å²) in [5, 5.41) is 1.06. The number of halogens is 1. The summed E-state index contributed by atoms with van der Waals surface area (Å²) in [5.74, 6) is -0.0986. The van der Waals surface area contributed by atoms with Crippen LogP contribution in [-0.4, -0.2) is 4.98 Å². The van der Waals surface area contributed by atoms with Gasteiger partial charge >= 0.3 is 0 Å². The van der Waals surface area contributed by atoms with Crippen LogP contribution in [0.25, 0.3) is 10.9 Å². The van der Waals surface area contributed by atoms with Crippen molar-refractivity contribution in [1.29, 1.82) is 0 Å². The van der Waals surface area contributed by atoms with Gasteiger partial charge < -0.3 is 15.5 Å². The summed E-state index contributed by atoms with van der Waals surface area (Å²) in [7, 11) is 0. The molecule has 0 aliphatic heterocycles. The highest BCUT2D eigenvalue weighted by atomic mass is 19.1. The Balaban J connectivity index is 1.90. The van der Waals surface area contributed by atoms with Crippen molar-refractivity contribution in [3.8, 4) is 5.75 Å². The normalized spacial score (nSPS) is 10.9. The lowest BCUT2D eigenvalue weighted by molar-refractivity contribution is 0.291. The van der Waals surface area contributed by atoms with E-state index >= 15 is 0 Å². The van der Waals surface area contributed by atoms with Crippen LogP contribution >= 0.6 is 0 Å². The number of para-hydroxylation sites is 1. The molecular formula is C16H15FN2O. The Morgan fingerprint density at radius 2 is 1.90 bits per heavy atom. The third kappa shape index (κ3) is 2.26. The fourth-order valence-corrected chi connectivity index (χ4v) is 2.34. The second-order valence-corrected chi connectivity index (χ2v) is 4.58. The Morgan fingerprint density at radius 1 is 1.05 bits per heavy atom. The molecule has 4 heteroatoms. The minimum absolute atomic E-state index is 0.257. The van der Waals surface area contributed by atoms with Gasteiger partial charge in [0.15, 0.2) is 11.6 Å². The zero-order chi connectivity index (χ0) is 13.9. The Bertz CT molecular complexity index is 736. The van der Waals surface area contributed by atoms with Crippen LogP contribution in [-0.2, 0) is 13.2 Å². The summed E-state index contributed by atoms with van der Waals surface area (Å²) >= 11 is 0. The molecule has 0 aliphatic carbocycles. The van der Waals surface area contributed by atoms with Gasteiger partial charge in [-0.15, -0.1) is 0 Å². The van der Waals surface area contributed by atoms with Gasteiger partial charge in [0.1, 0.15) is 6.61 Å². The lowest BCUT2D eigenvalue weighted by Crippen LogP contribution is -2.00. The largest absolute Gasteiger partial charge is 0.486 e. The van der Waals surface area contributed by atoms with Crippen LogP contribution in [0.3, 0.4) is 0 Å². The topological polar surface area (TPSA) is 51.0 Å². The first-order chi connectivity index (χ1) is 9.79. The highest BCUT2D eigenvalue weighted by Crippen LogP contribution is 2.24. The average molecular weight is 270 g/mol. The molecule has 3 N–H and O–H groups in total. The molecular weight excluding hydrogens is 255 g/mol. The van der Waals surface area contributed by atoms with E-state index in [2.05, 4.69) is 4.98 Å². The van der Waals surface area contributed by atoms with E-state index in [1.54, 1.807) is 18.2 Å². The minimum atomic E-state index is -0.355. The number of ether oxygens (including phenoxy) is 1. The Morgan fingerprint density at radius 3 is 2.70 bits per heavy atom. The van der Waals surface area contributed by atoms with Crippen LogP contribution in [0.5, 0.6) is 5.75 Å². The summed E-state index contributed by atoms with van der Waals surface area (Å²) < 4.78 is 19.1. The fourth-order valence-electron chi connectivity index (χ4n) is 2.34. The van der Waals surface area contributed by atoms with E-state index < -0.39 is 0 Å². The summed E-state index contributed by atoms with van der Waals surface area (Å²) in [6, 6.07) is 12.3. The lowest BCUT2D eigenvalue weighted by Gasteiger charge is -2.07. The van der Waals surface area contributed by atoms with Gasteiger partial charge in [0.05, 0.1) is 0 Å². The molecule has 102 valence electrons. The molecule has 0 amide bonds. The number of H-pyrrole nitrogens is 1.